The van der Waals surface area contributed by atoms with Crippen molar-refractivity contribution in [3.8, 4) is 0 Å². The molecular formula is C9H18N4O2. The van der Waals surface area contributed by atoms with Gasteiger partial charge in [-0.05, 0) is 0 Å². The number of hydrogen-bond donors (Lipinski definition) is 3. The third-order valence-electron chi connectivity index (χ3n) is 2.64. The highest BCUT2D eigenvalue weighted by Gasteiger charge is 2.22. The summed E-state index contributed by atoms with van der Waals surface area (Å²) >= 11 is 0. The van der Waals surface area contributed by atoms with Crippen LogP contribution in [0.5, 0.6) is 0 Å². The number of carbonyl (C=O) groups excluding carboxylic acids is 1. The molecule has 3 N–H and O–H groups in total. The molecule has 0 aromatic carbocycles. The summed E-state index contributed by atoms with van der Waals surface area (Å²) in [5, 5.41) is 8.28. The van der Waals surface area contributed by atoms with E-state index in [0.29, 0.717) is 19.8 Å². The lowest BCUT2D eigenvalue weighted by Gasteiger charge is -2.30. The molecule has 0 radical (unpaired) electrons. The molecule has 0 spiro atoms. The van der Waals surface area contributed by atoms with Crippen LogP contribution in [-0.2, 0) is 9.53 Å². The number of carbonyl (C=O) groups is 1. The van der Waals surface area contributed by atoms with E-state index in [0.717, 1.165) is 26.2 Å². The van der Waals surface area contributed by atoms with Crippen LogP contribution in [0.15, 0.2) is 0 Å². The first-order chi connectivity index (χ1) is 7.36. The van der Waals surface area contributed by atoms with Gasteiger partial charge in [0.25, 0.3) is 5.91 Å². The highest BCUT2D eigenvalue weighted by molar-refractivity contribution is 5.81. The van der Waals surface area contributed by atoms with Crippen LogP contribution in [0.2, 0.25) is 0 Å². The Hall–Kier alpha value is -0.690. The van der Waals surface area contributed by atoms with Gasteiger partial charge in [0.15, 0.2) is 0 Å². The van der Waals surface area contributed by atoms with Gasteiger partial charge in [-0.1, -0.05) is 0 Å². The molecule has 0 aromatic heterocycles. The van der Waals surface area contributed by atoms with E-state index in [1.54, 1.807) is 0 Å². The molecule has 0 aromatic rings. The summed E-state index contributed by atoms with van der Waals surface area (Å²) in [7, 11) is 0. The molecule has 6 nitrogen and oxygen atoms in total. The van der Waals surface area contributed by atoms with Gasteiger partial charge in [-0.15, -0.1) is 0 Å². The molecule has 2 saturated heterocycles. The van der Waals surface area contributed by atoms with Gasteiger partial charge in [0, 0.05) is 32.7 Å². The molecule has 6 heteroatoms. The third-order valence-corrected chi connectivity index (χ3v) is 2.64. The van der Waals surface area contributed by atoms with Crippen molar-refractivity contribution in [2.45, 2.75) is 6.04 Å². The molecule has 2 fully saturated rings. The largest absolute Gasteiger partial charge is 0.379 e. The molecule has 86 valence electrons. The summed E-state index contributed by atoms with van der Waals surface area (Å²) in [5.41, 5.74) is 2.90. The summed E-state index contributed by atoms with van der Waals surface area (Å²) < 4.78 is 5.21. The smallest absolute Gasteiger partial charge is 0.252 e. The molecule has 0 saturated carbocycles. The van der Waals surface area contributed by atoms with Crippen molar-refractivity contribution in [1.82, 2.24) is 21.1 Å². The molecule has 0 bridgehead atoms. The van der Waals surface area contributed by atoms with Crippen molar-refractivity contribution in [2.24, 2.45) is 0 Å². The van der Waals surface area contributed by atoms with Gasteiger partial charge in [-0.25, -0.2) is 5.01 Å². The van der Waals surface area contributed by atoms with E-state index in [-0.39, 0.29) is 11.9 Å². The van der Waals surface area contributed by atoms with E-state index >= 15 is 0 Å². The molecule has 2 aliphatic heterocycles. The van der Waals surface area contributed by atoms with Crippen LogP contribution in [0.3, 0.4) is 0 Å². The average molecular weight is 214 g/mol. The van der Waals surface area contributed by atoms with Crippen LogP contribution in [0.25, 0.3) is 0 Å². The summed E-state index contributed by atoms with van der Waals surface area (Å²) in [6.07, 6.45) is 0. The fraction of sp³-hybridized carbons (Fsp3) is 0.889. The molecule has 15 heavy (non-hydrogen) atoms. The number of piperazine rings is 1. The number of hydrazine groups is 1. The lowest BCUT2D eigenvalue weighted by Crippen LogP contribution is -2.59. The molecular weight excluding hydrogens is 196 g/mol. The van der Waals surface area contributed by atoms with Crippen LogP contribution in [0.4, 0.5) is 0 Å². The fourth-order valence-corrected chi connectivity index (χ4v) is 1.75. The number of ether oxygens (including phenoxy) is 1. The van der Waals surface area contributed by atoms with E-state index in [1.165, 1.54) is 0 Å². The second kappa shape index (κ2) is 5.41. The minimum atomic E-state index is -0.110. The second-order valence-electron chi connectivity index (χ2n) is 3.79. The minimum absolute atomic E-state index is 0.0455. The first-order valence-corrected chi connectivity index (χ1v) is 5.43. The van der Waals surface area contributed by atoms with E-state index in [4.69, 9.17) is 4.74 Å². The monoisotopic (exact) mass is 214 g/mol. The van der Waals surface area contributed by atoms with Crippen molar-refractivity contribution in [1.29, 1.82) is 0 Å². The second-order valence-corrected chi connectivity index (χ2v) is 3.79. The number of hydrogen-bond acceptors (Lipinski definition) is 5. The third kappa shape index (κ3) is 3.13. The van der Waals surface area contributed by atoms with Gasteiger partial charge in [0.2, 0.25) is 0 Å². The Kier molecular flexibility index (Phi) is 3.90. The molecule has 1 amide bonds. The Morgan fingerprint density at radius 2 is 2.13 bits per heavy atom. The van der Waals surface area contributed by atoms with E-state index in [9.17, 15) is 4.79 Å². The molecule has 2 aliphatic rings. The fourth-order valence-electron chi connectivity index (χ4n) is 1.75. The van der Waals surface area contributed by atoms with Crippen LogP contribution in [0.1, 0.15) is 0 Å². The van der Waals surface area contributed by atoms with Crippen molar-refractivity contribution < 1.29 is 9.53 Å². The predicted octanol–water partition coefficient (Wildman–Crippen LogP) is -2.09. The van der Waals surface area contributed by atoms with Crippen LogP contribution < -0.4 is 16.1 Å². The normalized spacial score (nSPS) is 28.7. The maximum absolute atomic E-state index is 11.8. The summed E-state index contributed by atoms with van der Waals surface area (Å²) in [6, 6.07) is -0.110. The zero-order valence-corrected chi connectivity index (χ0v) is 8.79. The maximum Gasteiger partial charge on any atom is 0.252 e. The zero-order valence-electron chi connectivity index (χ0n) is 8.79. The van der Waals surface area contributed by atoms with E-state index in [2.05, 4.69) is 16.1 Å². The molecule has 0 aliphatic carbocycles. The standard InChI is InChI=1S/C9H18N4O2/c14-9(8-7-10-1-2-11-8)12-13-3-5-15-6-4-13/h8,10-11H,1-7H2,(H,12,14). The Labute approximate surface area is 89.3 Å². The van der Waals surface area contributed by atoms with Gasteiger partial charge < -0.3 is 15.4 Å². The van der Waals surface area contributed by atoms with E-state index in [1.807, 2.05) is 5.01 Å². The van der Waals surface area contributed by atoms with Crippen molar-refractivity contribution in [3.05, 3.63) is 0 Å². The van der Waals surface area contributed by atoms with Gasteiger partial charge >= 0.3 is 0 Å². The highest BCUT2D eigenvalue weighted by atomic mass is 16.5. The summed E-state index contributed by atoms with van der Waals surface area (Å²) in [5.74, 6) is 0.0455. The summed E-state index contributed by atoms with van der Waals surface area (Å²) in [6.45, 7) is 5.41. The quantitative estimate of drug-likeness (QED) is 0.492. The molecule has 2 rings (SSSR count). The maximum atomic E-state index is 11.8. The highest BCUT2D eigenvalue weighted by Crippen LogP contribution is 1.94. The lowest BCUT2D eigenvalue weighted by atomic mass is 10.2. The van der Waals surface area contributed by atoms with Gasteiger partial charge in [0.05, 0.1) is 13.2 Å². The number of nitrogens with one attached hydrogen (secondary N) is 3. The van der Waals surface area contributed by atoms with Gasteiger partial charge in [-0.3, -0.25) is 10.2 Å². The molecule has 1 atom stereocenters. The van der Waals surface area contributed by atoms with Crippen LogP contribution >= 0.6 is 0 Å². The Morgan fingerprint density at radius 3 is 2.80 bits per heavy atom. The van der Waals surface area contributed by atoms with Crippen molar-refractivity contribution in [3.63, 3.8) is 0 Å². The number of nitrogens with zero attached hydrogens (tertiary/aromatic N) is 1. The van der Waals surface area contributed by atoms with Gasteiger partial charge in [-0.2, -0.15) is 0 Å². The van der Waals surface area contributed by atoms with Gasteiger partial charge in [0.1, 0.15) is 6.04 Å². The number of rotatable bonds is 2. The topological polar surface area (TPSA) is 65.6 Å². The van der Waals surface area contributed by atoms with Crippen LogP contribution in [0, 0.1) is 0 Å². The van der Waals surface area contributed by atoms with Crippen LogP contribution in [-0.4, -0.2) is 62.9 Å². The minimum Gasteiger partial charge on any atom is -0.379 e. The molecule has 1 unspecified atom stereocenters. The average Bonchev–Trinajstić information content (AvgIpc) is 2.31. The number of morpholine rings is 1. The lowest BCUT2D eigenvalue weighted by molar-refractivity contribution is -0.130. The Bertz CT molecular complexity index is 212. The zero-order chi connectivity index (χ0) is 10.5. The van der Waals surface area contributed by atoms with Crippen molar-refractivity contribution in [2.75, 3.05) is 45.9 Å². The SMILES string of the molecule is O=C(NN1CCOCC1)C1CNCCN1. The van der Waals surface area contributed by atoms with Crippen molar-refractivity contribution >= 4 is 5.91 Å². The summed E-state index contributed by atoms with van der Waals surface area (Å²) in [4.78, 5) is 11.8. The molecule has 2 heterocycles. The first kappa shape index (κ1) is 10.8. The Morgan fingerprint density at radius 1 is 1.33 bits per heavy atom. The Balaban J connectivity index is 1.74. The predicted molar refractivity (Wildman–Crippen MR) is 55.2 cm³/mol. The number of amides is 1. The van der Waals surface area contributed by atoms with E-state index < -0.39 is 0 Å². The first-order valence-electron chi connectivity index (χ1n) is 5.43.